The first-order chi connectivity index (χ1) is 14.9. The fourth-order valence-electron chi connectivity index (χ4n) is 2.79. The summed E-state index contributed by atoms with van der Waals surface area (Å²) in [6, 6.07) is 9.83. The Morgan fingerprint density at radius 1 is 1.03 bits per heavy atom. The molecule has 0 atom stereocenters. The minimum Gasteiger partial charge on any atom is -0.497 e. The van der Waals surface area contributed by atoms with Gasteiger partial charge >= 0.3 is 6.18 Å². The summed E-state index contributed by atoms with van der Waals surface area (Å²) in [4.78, 5) is 5.44. The van der Waals surface area contributed by atoms with Crippen molar-refractivity contribution in [2.24, 2.45) is 0 Å². The zero-order valence-electron chi connectivity index (χ0n) is 16.3. The van der Waals surface area contributed by atoms with E-state index in [9.17, 15) is 13.2 Å². The summed E-state index contributed by atoms with van der Waals surface area (Å²) >= 11 is 0. The number of methoxy groups -OCH3 is 2. The van der Waals surface area contributed by atoms with Gasteiger partial charge in [-0.25, -0.2) is 0 Å². The van der Waals surface area contributed by atoms with Crippen LogP contribution in [-0.4, -0.2) is 44.6 Å². The Morgan fingerprint density at radius 3 is 2.61 bits per heavy atom. The number of benzene rings is 2. The van der Waals surface area contributed by atoms with Gasteiger partial charge in [-0.15, -0.1) is 10.2 Å². The van der Waals surface area contributed by atoms with Crippen LogP contribution in [0.5, 0.6) is 11.5 Å². The lowest BCUT2D eigenvalue weighted by atomic mass is 10.1. The van der Waals surface area contributed by atoms with E-state index in [1.807, 2.05) is 0 Å². The zero-order valence-corrected chi connectivity index (χ0v) is 16.3. The molecule has 0 bridgehead atoms. The van der Waals surface area contributed by atoms with Crippen molar-refractivity contribution < 1.29 is 27.2 Å². The Morgan fingerprint density at radius 2 is 1.87 bits per heavy atom. The number of aromatic nitrogens is 6. The molecule has 9 nitrogen and oxygen atoms in total. The molecule has 4 rings (SSSR count). The van der Waals surface area contributed by atoms with E-state index in [2.05, 4.69) is 25.6 Å². The first kappa shape index (κ1) is 20.3. The fourth-order valence-corrected chi connectivity index (χ4v) is 2.79. The van der Waals surface area contributed by atoms with Crippen molar-refractivity contribution in [3.05, 3.63) is 53.9 Å². The van der Waals surface area contributed by atoms with Crippen LogP contribution >= 0.6 is 0 Å². The Balaban J connectivity index is 1.54. The molecule has 0 fully saturated rings. The maximum atomic E-state index is 12.9. The van der Waals surface area contributed by atoms with Crippen molar-refractivity contribution in [3.63, 3.8) is 0 Å². The second-order valence-electron chi connectivity index (χ2n) is 6.30. The van der Waals surface area contributed by atoms with Crippen LogP contribution in [0.1, 0.15) is 11.5 Å². The summed E-state index contributed by atoms with van der Waals surface area (Å²) in [6.45, 7) is -0.0164. The van der Waals surface area contributed by atoms with Gasteiger partial charge in [0.1, 0.15) is 18.0 Å². The summed E-state index contributed by atoms with van der Waals surface area (Å²) in [5.41, 5.74) is -0.0129. The minimum absolute atomic E-state index is 0.0164. The van der Waals surface area contributed by atoms with Crippen molar-refractivity contribution in [2.75, 3.05) is 14.2 Å². The lowest BCUT2D eigenvalue weighted by molar-refractivity contribution is -0.137. The molecule has 31 heavy (non-hydrogen) atoms. The molecule has 0 N–H and O–H groups in total. The molecule has 2 aromatic carbocycles. The number of rotatable bonds is 6. The van der Waals surface area contributed by atoms with E-state index in [1.165, 1.54) is 19.2 Å². The molecule has 0 saturated heterocycles. The Kier molecular flexibility index (Phi) is 5.28. The molecular formula is C19H15F3N6O3. The number of alkyl halides is 3. The zero-order chi connectivity index (χ0) is 22.0. The predicted octanol–water partition coefficient (Wildman–Crippen LogP) is 3.47. The van der Waals surface area contributed by atoms with Crippen LogP contribution < -0.4 is 9.47 Å². The van der Waals surface area contributed by atoms with E-state index >= 15 is 0 Å². The van der Waals surface area contributed by atoms with Gasteiger partial charge in [0.25, 0.3) is 5.89 Å². The number of ether oxygens (including phenoxy) is 2. The molecule has 0 aliphatic carbocycles. The van der Waals surface area contributed by atoms with Gasteiger partial charge in [0.2, 0.25) is 11.6 Å². The van der Waals surface area contributed by atoms with E-state index < -0.39 is 11.7 Å². The largest absolute Gasteiger partial charge is 0.497 e. The number of hydrogen-bond donors (Lipinski definition) is 0. The molecule has 0 unspecified atom stereocenters. The SMILES string of the molecule is COc1ccc(-c2noc(Cn3nnc(-c4cccc(C(F)(F)F)c4)n3)n2)c(OC)c1. The highest BCUT2D eigenvalue weighted by molar-refractivity contribution is 5.65. The lowest BCUT2D eigenvalue weighted by Crippen LogP contribution is -2.05. The average molecular weight is 432 g/mol. The van der Waals surface area contributed by atoms with Gasteiger partial charge in [0, 0.05) is 11.6 Å². The first-order valence-electron chi connectivity index (χ1n) is 8.88. The Bertz CT molecular complexity index is 1200. The van der Waals surface area contributed by atoms with Crippen LogP contribution in [0.4, 0.5) is 13.2 Å². The van der Waals surface area contributed by atoms with E-state index in [4.69, 9.17) is 14.0 Å². The van der Waals surface area contributed by atoms with E-state index in [0.29, 0.717) is 17.1 Å². The van der Waals surface area contributed by atoms with Crippen LogP contribution in [0, 0.1) is 0 Å². The van der Waals surface area contributed by atoms with Crippen LogP contribution in [0.15, 0.2) is 47.0 Å². The summed E-state index contributed by atoms with van der Waals surface area (Å²) < 4.78 is 54.5. The summed E-state index contributed by atoms with van der Waals surface area (Å²) in [5, 5.41) is 15.7. The van der Waals surface area contributed by atoms with Gasteiger partial charge in [-0.2, -0.15) is 23.0 Å². The van der Waals surface area contributed by atoms with Crippen molar-refractivity contribution in [1.29, 1.82) is 0 Å². The smallest absolute Gasteiger partial charge is 0.416 e. The monoisotopic (exact) mass is 432 g/mol. The molecule has 0 saturated carbocycles. The van der Waals surface area contributed by atoms with E-state index in [0.717, 1.165) is 16.9 Å². The standard InChI is InChI=1S/C19H15F3N6O3/c1-29-13-6-7-14(15(9-13)30-2)18-23-16(31-26-18)10-28-25-17(24-27-28)11-4-3-5-12(8-11)19(20,21)22/h3-9H,10H2,1-2H3. The summed E-state index contributed by atoms with van der Waals surface area (Å²) in [7, 11) is 3.05. The maximum absolute atomic E-state index is 12.9. The van der Waals surface area contributed by atoms with Crippen molar-refractivity contribution in [2.45, 2.75) is 12.7 Å². The number of nitrogens with zero attached hydrogens (tertiary/aromatic N) is 6. The lowest BCUT2D eigenvalue weighted by Gasteiger charge is -2.07. The number of tetrazole rings is 1. The van der Waals surface area contributed by atoms with E-state index in [-0.39, 0.29) is 29.6 Å². The van der Waals surface area contributed by atoms with Gasteiger partial charge in [-0.3, -0.25) is 0 Å². The highest BCUT2D eigenvalue weighted by Crippen LogP contribution is 2.32. The van der Waals surface area contributed by atoms with Gasteiger partial charge in [0.05, 0.1) is 25.3 Å². The first-order valence-corrected chi connectivity index (χ1v) is 8.88. The third-order valence-electron chi connectivity index (χ3n) is 4.30. The van der Waals surface area contributed by atoms with Gasteiger partial charge in [-0.05, 0) is 29.5 Å². The quantitative estimate of drug-likeness (QED) is 0.457. The van der Waals surface area contributed by atoms with Crippen LogP contribution in [0.25, 0.3) is 22.8 Å². The van der Waals surface area contributed by atoms with Gasteiger partial charge in [-0.1, -0.05) is 17.3 Å². The molecule has 2 aromatic heterocycles. The molecule has 2 heterocycles. The second kappa shape index (κ2) is 8.05. The van der Waals surface area contributed by atoms with Crippen molar-refractivity contribution in [1.82, 2.24) is 30.3 Å². The second-order valence-corrected chi connectivity index (χ2v) is 6.30. The highest BCUT2D eigenvalue weighted by Gasteiger charge is 2.30. The molecule has 0 radical (unpaired) electrons. The molecule has 4 aromatic rings. The Labute approximate surface area is 173 Å². The fraction of sp³-hybridized carbons (Fsp3) is 0.211. The molecular weight excluding hydrogens is 417 g/mol. The van der Waals surface area contributed by atoms with Crippen LogP contribution in [-0.2, 0) is 12.7 Å². The molecule has 12 heteroatoms. The third kappa shape index (κ3) is 4.32. The molecule has 0 aliphatic heterocycles. The van der Waals surface area contributed by atoms with Crippen LogP contribution in [0.3, 0.4) is 0 Å². The maximum Gasteiger partial charge on any atom is 0.416 e. The van der Waals surface area contributed by atoms with Crippen LogP contribution in [0.2, 0.25) is 0 Å². The summed E-state index contributed by atoms with van der Waals surface area (Å²) in [5.74, 6) is 1.62. The molecule has 0 amide bonds. The van der Waals surface area contributed by atoms with Crippen molar-refractivity contribution >= 4 is 0 Å². The number of halogens is 3. The Hall–Kier alpha value is -3.96. The van der Waals surface area contributed by atoms with Crippen molar-refractivity contribution in [3.8, 4) is 34.3 Å². The molecule has 160 valence electrons. The normalized spacial score (nSPS) is 11.5. The highest BCUT2D eigenvalue weighted by atomic mass is 19.4. The van der Waals surface area contributed by atoms with E-state index in [1.54, 1.807) is 25.3 Å². The third-order valence-corrected chi connectivity index (χ3v) is 4.30. The topological polar surface area (TPSA) is 101 Å². The number of hydrogen-bond acceptors (Lipinski definition) is 8. The van der Waals surface area contributed by atoms with Gasteiger partial charge < -0.3 is 14.0 Å². The summed E-state index contributed by atoms with van der Waals surface area (Å²) in [6.07, 6.45) is -4.46. The minimum atomic E-state index is -4.46. The molecule has 0 aliphatic rings. The predicted molar refractivity (Wildman–Crippen MR) is 100 cm³/mol. The van der Waals surface area contributed by atoms with Gasteiger partial charge in [0.15, 0.2) is 0 Å². The average Bonchev–Trinajstić information content (AvgIpc) is 3.43. The molecule has 0 spiro atoms.